The van der Waals surface area contributed by atoms with Gasteiger partial charge in [-0.3, -0.25) is 4.79 Å². The quantitative estimate of drug-likeness (QED) is 0.535. The van der Waals surface area contributed by atoms with E-state index in [0.717, 1.165) is 19.4 Å². The topological polar surface area (TPSA) is 29.1 Å². The molecule has 50 valence electrons. The standard InChI is InChI=1S/C4H7NO.CS2/c6-4-2-1-3-5-4;2-1-3/h1-3H2,(H,5,6);. The van der Waals surface area contributed by atoms with Crippen LogP contribution in [0.4, 0.5) is 0 Å². The molecule has 0 atom stereocenters. The number of nitrogens with one attached hydrogen (secondary N) is 1. The van der Waals surface area contributed by atoms with Gasteiger partial charge in [0.1, 0.15) is 0 Å². The summed E-state index contributed by atoms with van der Waals surface area (Å²) < 4.78 is 1.92. The van der Waals surface area contributed by atoms with Crippen LogP contribution in [0, 0.1) is 0 Å². The van der Waals surface area contributed by atoms with Gasteiger partial charge >= 0.3 is 0 Å². The Hall–Kier alpha value is -0.310. The molecule has 0 spiro atoms. The van der Waals surface area contributed by atoms with Crippen LogP contribution >= 0.6 is 24.4 Å². The van der Waals surface area contributed by atoms with E-state index in [1.165, 1.54) is 0 Å². The zero-order valence-electron chi connectivity index (χ0n) is 4.85. The number of carbonyl (C=O) groups is 1. The average Bonchev–Trinajstić information content (AvgIpc) is 2.20. The first-order chi connectivity index (χ1) is 4.31. The molecule has 0 aromatic rings. The van der Waals surface area contributed by atoms with Gasteiger partial charge < -0.3 is 5.32 Å². The minimum Gasteiger partial charge on any atom is -0.356 e. The smallest absolute Gasteiger partial charge is 0.220 e. The minimum absolute atomic E-state index is 0.204. The van der Waals surface area contributed by atoms with E-state index in [1.807, 2.05) is 4.31 Å². The van der Waals surface area contributed by atoms with Gasteiger partial charge in [0, 0.05) is 17.3 Å². The summed E-state index contributed by atoms with van der Waals surface area (Å²) in [5, 5.41) is 2.68. The molecule has 1 amide bonds. The maximum Gasteiger partial charge on any atom is 0.220 e. The Kier molecular flexibility index (Phi) is 5.62. The third-order valence-electron chi connectivity index (χ3n) is 0.903. The number of carbonyl (C=O) groups excluding carboxylic acids is 1. The predicted octanol–water partition coefficient (Wildman–Crippen LogP) is 0.914. The van der Waals surface area contributed by atoms with Crippen LogP contribution in [-0.4, -0.2) is 16.8 Å². The van der Waals surface area contributed by atoms with E-state index < -0.39 is 0 Å². The lowest BCUT2D eigenvalue weighted by Gasteiger charge is -1.80. The number of thiocarbonyl (C=S) groups is 2. The molecular formula is C5H7NOS2. The summed E-state index contributed by atoms with van der Waals surface area (Å²) in [4.78, 5) is 10.1. The summed E-state index contributed by atoms with van der Waals surface area (Å²) in [6.07, 6.45) is 1.76. The molecule has 0 aromatic carbocycles. The number of hydrogen-bond donors (Lipinski definition) is 1. The van der Waals surface area contributed by atoms with E-state index in [2.05, 4.69) is 29.8 Å². The summed E-state index contributed by atoms with van der Waals surface area (Å²) in [7, 11) is 0. The molecule has 1 aliphatic rings. The van der Waals surface area contributed by atoms with Crippen molar-refractivity contribution in [1.82, 2.24) is 5.32 Å². The lowest BCUT2D eigenvalue weighted by Crippen LogP contribution is -2.12. The van der Waals surface area contributed by atoms with Crippen molar-refractivity contribution in [3.8, 4) is 0 Å². The van der Waals surface area contributed by atoms with Crippen molar-refractivity contribution in [1.29, 1.82) is 0 Å². The molecule has 0 saturated carbocycles. The molecule has 0 radical (unpaired) electrons. The van der Waals surface area contributed by atoms with E-state index in [-0.39, 0.29) is 5.91 Å². The number of amides is 1. The normalized spacial score (nSPS) is 14.9. The lowest BCUT2D eigenvalue weighted by atomic mass is 10.4. The van der Waals surface area contributed by atoms with E-state index in [4.69, 9.17) is 0 Å². The maximum absolute atomic E-state index is 10.1. The Bertz CT molecular complexity index is 121. The molecule has 0 aliphatic carbocycles. The van der Waals surface area contributed by atoms with Gasteiger partial charge in [0.2, 0.25) is 5.91 Å². The van der Waals surface area contributed by atoms with Gasteiger partial charge in [-0.1, -0.05) is 0 Å². The van der Waals surface area contributed by atoms with Gasteiger partial charge in [-0.15, -0.1) is 0 Å². The molecular weight excluding hydrogens is 154 g/mol. The summed E-state index contributed by atoms with van der Waals surface area (Å²) in [6, 6.07) is 0. The van der Waals surface area contributed by atoms with Crippen molar-refractivity contribution in [2.75, 3.05) is 6.54 Å². The Morgan fingerprint density at radius 3 is 2.22 bits per heavy atom. The third kappa shape index (κ3) is 5.56. The van der Waals surface area contributed by atoms with E-state index >= 15 is 0 Å². The number of hydrogen-bond acceptors (Lipinski definition) is 3. The Morgan fingerprint density at radius 1 is 1.56 bits per heavy atom. The second-order valence-corrected chi connectivity index (χ2v) is 2.20. The molecule has 2 nitrogen and oxygen atoms in total. The van der Waals surface area contributed by atoms with E-state index in [1.54, 1.807) is 0 Å². The molecule has 0 unspecified atom stereocenters. The Balaban J connectivity index is 0.000000187. The van der Waals surface area contributed by atoms with E-state index in [0.29, 0.717) is 0 Å². The van der Waals surface area contributed by atoms with Gasteiger partial charge in [0.25, 0.3) is 0 Å². The molecule has 0 aromatic heterocycles. The molecule has 1 fully saturated rings. The highest BCUT2D eigenvalue weighted by Crippen LogP contribution is 1.93. The average molecular weight is 161 g/mol. The second kappa shape index (κ2) is 5.82. The molecule has 1 saturated heterocycles. The first-order valence-electron chi connectivity index (χ1n) is 2.57. The highest BCUT2D eigenvalue weighted by Gasteiger charge is 2.05. The van der Waals surface area contributed by atoms with Crippen molar-refractivity contribution >= 4 is 34.7 Å². The Morgan fingerprint density at radius 2 is 2.11 bits per heavy atom. The maximum atomic E-state index is 10.1. The Labute approximate surface area is 64.6 Å². The first kappa shape index (κ1) is 8.69. The largest absolute Gasteiger partial charge is 0.356 e. The zero-order chi connectivity index (χ0) is 7.11. The van der Waals surface area contributed by atoms with E-state index in [9.17, 15) is 4.79 Å². The molecule has 1 heterocycles. The molecule has 4 heteroatoms. The van der Waals surface area contributed by atoms with Gasteiger partial charge in [-0.25, -0.2) is 0 Å². The van der Waals surface area contributed by atoms with Crippen LogP contribution in [0.3, 0.4) is 0 Å². The van der Waals surface area contributed by atoms with Gasteiger partial charge in [0.05, 0.1) is 0 Å². The van der Waals surface area contributed by atoms with Crippen LogP contribution in [0.2, 0.25) is 0 Å². The summed E-state index contributed by atoms with van der Waals surface area (Å²) >= 11 is 7.92. The summed E-state index contributed by atoms with van der Waals surface area (Å²) in [5.41, 5.74) is 0. The fourth-order valence-electron chi connectivity index (χ4n) is 0.565. The van der Waals surface area contributed by atoms with Crippen LogP contribution in [-0.2, 0) is 4.79 Å². The van der Waals surface area contributed by atoms with Gasteiger partial charge in [0.15, 0.2) is 0 Å². The summed E-state index contributed by atoms with van der Waals surface area (Å²) in [6.45, 7) is 0.888. The lowest BCUT2D eigenvalue weighted by molar-refractivity contribution is -0.119. The first-order valence-corrected chi connectivity index (χ1v) is 3.39. The molecule has 1 rings (SSSR count). The van der Waals surface area contributed by atoms with Crippen LogP contribution in [0.15, 0.2) is 0 Å². The van der Waals surface area contributed by atoms with Crippen molar-refractivity contribution < 1.29 is 4.79 Å². The second-order valence-electron chi connectivity index (χ2n) is 1.54. The summed E-state index contributed by atoms with van der Waals surface area (Å²) in [5.74, 6) is 0.204. The monoisotopic (exact) mass is 161 g/mol. The third-order valence-corrected chi connectivity index (χ3v) is 0.903. The van der Waals surface area contributed by atoms with Crippen molar-refractivity contribution in [3.05, 3.63) is 0 Å². The molecule has 0 bridgehead atoms. The molecule has 9 heavy (non-hydrogen) atoms. The van der Waals surface area contributed by atoms with Crippen molar-refractivity contribution in [2.45, 2.75) is 12.8 Å². The predicted molar refractivity (Wildman–Crippen MR) is 42.4 cm³/mol. The minimum atomic E-state index is 0.204. The van der Waals surface area contributed by atoms with Crippen LogP contribution in [0.25, 0.3) is 0 Å². The fraction of sp³-hybridized carbons (Fsp3) is 0.600. The number of rotatable bonds is 0. The van der Waals surface area contributed by atoms with Crippen molar-refractivity contribution in [2.24, 2.45) is 0 Å². The highest BCUT2D eigenvalue weighted by molar-refractivity contribution is 7.93. The SMILES string of the molecule is O=C1CCCN1.S=C=S. The van der Waals surface area contributed by atoms with Gasteiger partial charge in [-0.2, -0.15) is 0 Å². The van der Waals surface area contributed by atoms with Gasteiger partial charge in [-0.05, 0) is 30.9 Å². The fourth-order valence-corrected chi connectivity index (χ4v) is 0.565. The molecule has 1 N–H and O–H groups in total. The van der Waals surface area contributed by atoms with Crippen LogP contribution < -0.4 is 5.32 Å². The highest BCUT2D eigenvalue weighted by atomic mass is 32.1. The van der Waals surface area contributed by atoms with Crippen LogP contribution in [0.1, 0.15) is 12.8 Å². The van der Waals surface area contributed by atoms with Crippen molar-refractivity contribution in [3.63, 3.8) is 0 Å². The van der Waals surface area contributed by atoms with Crippen LogP contribution in [0.5, 0.6) is 0 Å². The molecule has 1 aliphatic heterocycles. The zero-order valence-corrected chi connectivity index (χ0v) is 6.48.